The highest BCUT2D eigenvalue weighted by atomic mass is 16.7. The minimum Gasteiger partial charge on any atom is -0.384 e. The topological polar surface area (TPSA) is 100 Å². The summed E-state index contributed by atoms with van der Waals surface area (Å²) in [4.78, 5) is 14.3. The maximum atomic E-state index is 10.4. The van der Waals surface area contributed by atoms with Gasteiger partial charge >= 0.3 is 0 Å². The molecule has 1 amide bonds. The number of hydrogen-bond donors (Lipinski definition) is 2. The average Bonchev–Trinajstić information content (AvgIpc) is 2.56. The number of nitrogens with zero attached hydrogens (tertiary/aromatic N) is 1. The van der Waals surface area contributed by atoms with E-state index >= 15 is 0 Å². The van der Waals surface area contributed by atoms with Crippen LogP contribution in [-0.2, 0) is 26.5 Å². The molecule has 4 N–H and O–H groups in total. The lowest BCUT2D eigenvalue weighted by atomic mass is 10.1. The number of amides is 1. The minimum atomic E-state index is -0.736. The van der Waals surface area contributed by atoms with E-state index < -0.39 is 5.79 Å². The van der Waals surface area contributed by atoms with Crippen LogP contribution in [0.1, 0.15) is 31.9 Å². The van der Waals surface area contributed by atoms with Gasteiger partial charge in [-0.25, -0.2) is 4.98 Å². The number of carbonyl (C=O) groups excluding carboxylic acids is 1. The molecule has 0 unspecified atom stereocenters. The molecule has 0 aliphatic rings. The first-order valence-corrected chi connectivity index (χ1v) is 8.23. The Morgan fingerprint density at radius 3 is 2.20 bits per heavy atom. The van der Waals surface area contributed by atoms with Gasteiger partial charge in [0.2, 0.25) is 5.91 Å². The van der Waals surface area contributed by atoms with E-state index in [1.54, 1.807) is 12.3 Å². The van der Waals surface area contributed by atoms with Crippen LogP contribution in [0.3, 0.4) is 0 Å². The third-order valence-electron chi connectivity index (χ3n) is 3.37. The predicted molar refractivity (Wildman–Crippen MR) is 98.6 cm³/mol. The molecule has 1 aromatic carbocycles. The van der Waals surface area contributed by atoms with Crippen molar-refractivity contribution in [2.45, 2.75) is 33.0 Å². The summed E-state index contributed by atoms with van der Waals surface area (Å²) in [5, 5.41) is 0. The van der Waals surface area contributed by atoms with Gasteiger partial charge in [-0.3, -0.25) is 4.79 Å². The highest BCUT2D eigenvalue weighted by molar-refractivity contribution is 5.76. The number of benzene rings is 1. The third-order valence-corrected chi connectivity index (χ3v) is 3.37. The van der Waals surface area contributed by atoms with Crippen LogP contribution in [0.15, 0.2) is 48.7 Å². The van der Waals surface area contributed by atoms with Crippen molar-refractivity contribution >= 4 is 11.7 Å². The zero-order valence-electron chi connectivity index (χ0n) is 15.1. The van der Waals surface area contributed by atoms with Crippen molar-refractivity contribution in [3.8, 4) is 0 Å². The van der Waals surface area contributed by atoms with Crippen molar-refractivity contribution < 1.29 is 14.3 Å². The summed E-state index contributed by atoms with van der Waals surface area (Å²) in [6.45, 7) is 6.91. The number of rotatable bonds is 7. The molecule has 6 nitrogen and oxygen atoms in total. The van der Waals surface area contributed by atoms with Crippen molar-refractivity contribution in [3.63, 3.8) is 0 Å². The van der Waals surface area contributed by atoms with Gasteiger partial charge in [0.05, 0.1) is 6.42 Å². The van der Waals surface area contributed by atoms with E-state index in [0.29, 0.717) is 25.5 Å². The molecule has 0 aliphatic carbocycles. The molecular weight excluding hydrogens is 318 g/mol. The van der Waals surface area contributed by atoms with Crippen molar-refractivity contribution in [1.29, 1.82) is 0 Å². The molecule has 0 saturated carbocycles. The van der Waals surface area contributed by atoms with Gasteiger partial charge in [-0.2, -0.15) is 0 Å². The van der Waals surface area contributed by atoms with Crippen LogP contribution in [0.25, 0.3) is 0 Å². The molecule has 0 spiro atoms. The van der Waals surface area contributed by atoms with Gasteiger partial charge in [0, 0.05) is 25.0 Å². The standard InChI is InChI=1S/C11H18N2O2.C8H9NO/c1-4-14-11(3,15-5-2)9-6-7-13-10(12)8-9;9-8(10)6-7-4-2-1-3-5-7/h6-8H,4-5H2,1-3H3,(H2,12,13);1-5H,6H2,(H2,9,10). The van der Waals surface area contributed by atoms with Gasteiger partial charge in [0.1, 0.15) is 5.82 Å². The molecule has 0 radical (unpaired) electrons. The number of primary amides is 1. The number of carbonyl (C=O) groups is 1. The molecule has 25 heavy (non-hydrogen) atoms. The molecule has 136 valence electrons. The predicted octanol–water partition coefficient (Wildman–Crippen LogP) is 2.62. The van der Waals surface area contributed by atoms with Crippen LogP contribution in [0.4, 0.5) is 5.82 Å². The Morgan fingerprint density at radius 1 is 1.12 bits per heavy atom. The van der Waals surface area contributed by atoms with Gasteiger partial charge in [0.25, 0.3) is 0 Å². The quantitative estimate of drug-likeness (QED) is 0.751. The van der Waals surface area contributed by atoms with E-state index in [0.717, 1.165) is 11.1 Å². The number of ether oxygens (including phenoxy) is 2. The number of nitrogens with two attached hydrogens (primary N) is 2. The Labute approximate surface area is 149 Å². The smallest absolute Gasteiger partial charge is 0.221 e. The lowest BCUT2D eigenvalue weighted by molar-refractivity contribution is -0.229. The maximum Gasteiger partial charge on any atom is 0.221 e. The Balaban J connectivity index is 0.000000271. The Bertz CT molecular complexity index is 641. The van der Waals surface area contributed by atoms with Gasteiger partial charge < -0.3 is 20.9 Å². The largest absolute Gasteiger partial charge is 0.384 e. The average molecular weight is 345 g/mol. The summed E-state index contributed by atoms with van der Waals surface area (Å²) in [6, 6.07) is 13.1. The highest BCUT2D eigenvalue weighted by Crippen LogP contribution is 2.27. The molecule has 2 aromatic rings. The van der Waals surface area contributed by atoms with Gasteiger partial charge in [-0.1, -0.05) is 30.3 Å². The summed E-state index contributed by atoms with van der Waals surface area (Å²) in [7, 11) is 0. The van der Waals surface area contributed by atoms with Crippen LogP contribution in [0, 0.1) is 0 Å². The van der Waals surface area contributed by atoms with Crippen LogP contribution >= 0.6 is 0 Å². The number of nitrogen functional groups attached to an aromatic ring is 1. The fraction of sp³-hybridized carbons (Fsp3) is 0.368. The zero-order valence-corrected chi connectivity index (χ0v) is 15.1. The number of anilines is 1. The Kier molecular flexibility index (Phi) is 8.60. The molecule has 0 aliphatic heterocycles. The van der Waals surface area contributed by atoms with Crippen molar-refractivity contribution in [3.05, 3.63) is 59.8 Å². The maximum absolute atomic E-state index is 10.4. The first-order chi connectivity index (χ1) is 11.9. The molecule has 0 saturated heterocycles. The van der Waals surface area contributed by atoms with Crippen molar-refractivity contribution in [1.82, 2.24) is 4.98 Å². The van der Waals surface area contributed by atoms with E-state index in [4.69, 9.17) is 20.9 Å². The van der Waals surface area contributed by atoms with E-state index in [-0.39, 0.29) is 5.91 Å². The summed E-state index contributed by atoms with van der Waals surface area (Å²) in [6.07, 6.45) is 1.99. The van der Waals surface area contributed by atoms with E-state index in [1.807, 2.05) is 57.2 Å². The summed E-state index contributed by atoms with van der Waals surface area (Å²) in [5.41, 5.74) is 12.5. The van der Waals surface area contributed by atoms with Crippen LogP contribution in [0.2, 0.25) is 0 Å². The van der Waals surface area contributed by atoms with Crippen LogP contribution in [-0.4, -0.2) is 24.1 Å². The molecule has 0 fully saturated rings. The van der Waals surface area contributed by atoms with Crippen LogP contribution < -0.4 is 11.5 Å². The first kappa shape index (κ1) is 20.6. The molecule has 1 heterocycles. The second kappa shape index (κ2) is 10.4. The fourth-order valence-corrected chi connectivity index (χ4v) is 2.29. The van der Waals surface area contributed by atoms with Crippen molar-refractivity contribution in [2.24, 2.45) is 5.73 Å². The van der Waals surface area contributed by atoms with E-state index in [1.165, 1.54) is 0 Å². The van der Waals surface area contributed by atoms with Gasteiger partial charge in [0.15, 0.2) is 5.79 Å². The summed E-state index contributed by atoms with van der Waals surface area (Å²) < 4.78 is 11.2. The minimum absolute atomic E-state index is 0.286. The van der Waals surface area contributed by atoms with Crippen molar-refractivity contribution in [2.75, 3.05) is 18.9 Å². The van der Waals surface area contributed by atoms with Gasteiger partial charge in [-0.15, -0.1) is 0 Å². The first-order valence-electron chi connectivity index (χ1n) is 8.23. The molecule has 6 heteroatoms. The number of pyridine rings is 1. The fourth-order valence-electron chi connectivity index (χ4n) is 2.29. The van der Waals surface area contributed by atoms with Crippen LogP contribution in [0.5, 0.6) is 0 Å². The number of aromatic nitrogens is 1. The molecular formula is C19H27N3O3. The van der Waals surface area contributed by atoms with Gasteiger partial charge in [-0.05, 0) is 38.5 Å². The normalized spacial score (nSPS) is 10.7. The lowest BCUT2D eigenvalue weighted by Gasteiger charge is -2.29. The molecule has 0 bridgehead atoms. The molecule has 0 atom stereocenters. The summed E-state index contributed by atoms with van der Waals surface area (Å²) >= 11 is 0. The van der Waals surface area contributed by atoms with E-state index in [9.17, 15) is 4.79 Å². The SMILES string of the molecule is CCOC(C)(OCC)c1ccnc(N)c1.NC(=O)Cc1ccccc1. The van der Waals surface area contributed by atoms with E-state index in [2.05, 4.69) is 4.98 Å². The Hall–Kier alpha value is -2.44. The monoisotopic (exact) mass is 345 g/mol. The summed E-state index contributed by atoms with van der Waals surface area (Å²) in [5.74, 6) is -0.551. The highest BCUT2D eigenvalue weighted by Gasteiger charge is 2.27. The zero-order chi connectivity index (χ0) is 18.7. The second-order valence-corrected chi connectivity index (χ2v) is 5.41. The third kappa shape index (κ3) is 7.32. The Morgan fingerprint density at radius 2 is 1.72 bits per heavy atom. The molecule has 1 aromatic heterocycles. The second-order valence-electron chi connectivity index (χ2n) is 5.41. The lowest BCUT2D eigenvalue weighted by Crippen LogP contribution is -2.29. The number of hydrogen-bond acceptors (Lipinski definition) is 5. The molecule has 2 rings (SSSR count).